The molecule has 1 atom stereocenters. The molecule has 1 aliphatic rings. The Morgan fingerprint density at radius 1 is 1.32 bits per heavy atom. The minimum absolute atomic E-state index is 0.328. The molecule has 0 spiro atoms. The third-order valence-electron chi connectivity index (χ3n) is 3.33. The van der Waals surface area contributed by atoms with Gasteiger partial charge in [0.25, 0.3) is 0 Å². The van der Waals surface area contributed by atoms with Gasteiger partial charge in [-0.3, -0.25) is 0 Å². The van der Waals surface area contributed by atoms with Crippen molar-refractivity contribution in [2.75, 3.05) is 13.2 Å². The van der Waals surface area contributed by atoms with Crippen LogP contribution < -0.4 is 10.5 Å². The van der Waals surface area contributed by atoms with E-state index in [9.17, 15) is 0 Å². The van der Waals surface area contributed by atoms with Crippen molar-refractivity contribution in [2.45, 2.75) is 25.2 Å². The number of hydrogen-bond acceptors (Lipinski definition) is 5. The molecule has 100 valence electrons. The van der Waals surface area contributed by atoms with E-state index in [0.29, 0.717) is 12.5 Å². The second-order valence-electron chi connectivity index (χ2n) is 4.65. The van der Waals surface area contributed by atoms with Gasteiger partial charge in [0.05, 0.1) is 6.61 Å². The van der Waals surface area contributed by atoms with Crippen molar-refractivity contribution < 1.29 is 4.74 Å². The molecule has 3 rings (SSSR count). The van der Waals surface area contributed by atoms with Gasteiger partial charge < -0.3 is 10.5 Å². The van der Waals surface area contributed by atoms with E-state index in [4.69, 9.17) is 10.5 Å². The van der Waals surface area contributed by atoms with Crippen LogP contribution in [-0.4, -0.2) is 23.3 Å². The molecule has 2 N–H and O–H groups in total. The molecule has 2 heterocycles. The van der Waals surface area contributed by atoms with Gasteiger partial charge in [-0.1, -0.05) is 18.2 Å². The molecule has 0 bridgehead atoms. The van der Waals surface area contributed by atoms with Crippen LogP contribution >= 0.6 is 11.3 Å². The Kier molecular flexibility index (Phi) is 3.75. The highest BCUT2D eigenvalue weighted by Crippen LogP contribution is 2.38. The number of rotatable bonds is 4. The van der Waals surface area contributed by atoms with Gasteiger partial charge in [-0.25, -0.2) is 0 Å². The predicted molar refractivity (Wildman–Crippen MR) is 75.7 cm³/mol. The average molecular weight is 275 g/mol. The third kappa shape index (κ3) is 2.62. The lowest BCUT2D eigenvalue weighted by Crippen LogP contribution is -2.14. The van der Waals surface area contributed by atoms with Crippen LogP contribution in [0.2, 0.25) is 0 Å². The smallest absolute Gasteiger partial charge is 0.125 e. The fourth-order valence-electron chi connectivity index (χ4n) is 2.36. The van der Waals surface area contributed by atoms with Crippen molar-refractivity contribution in [3.63, 3.8) is 0 Å². The summed E-state index contributed by atoms with van der Waals surface area (Å²) in [5, 5.41) is 10.8. The van der Waals surface area contributed by atoms with Crippen LogP contribution in [0.5, 0.6) is 5.75 Å². The van der Waals surface area contributed by atoms with Crippen LogP contribution in [0.15, 0.2) is 24.3 Å². The van der Waals surface area contributed by atoms with E-state index in [1.54, 1.807) is 11.3 Å². The molecular formula is C14H17N3OS. The summed E-state index contributed by atoms with van der Waals surface area (Å²) in [5.41, 5.74) is 6.76. The van der Waals surface area contributed by atoms with Gasteiger partial charge in [0, 0.05) is 17.9 Å². The lowest BCUT2D eigenvalue weighted by atomic mass is 9.94. The monoisotopic (exact) mass is 275 g/mol. The van der Waals surface area contributed by atoms with E-state index in [1.807, 2.05) is 12.1 Å². The maximum atomic E-state index is 5.69. The van der Waals surface area contributed by atoms with Gasteiger partial charge in [0.1, 0.15) is 15.8 Å². The van der Waals surface area contributed by atoms with Crippen molar-refractivity contribution in [1.82, 2.24) is 10.2 Å². The highest BCUT2D eigenvalue weighted by atomic mass is 32.1. The number of para-hydroxylation sites is 1. The van der Waals surface area contributed by atoms with Crippen LogP contribution in [0.25, 0.3) is 0 Å². The Balaban J connectivity index is 1.85. The van der Waals surface area contributed by atoms with Crippen LogP contribution in [0.1, 0.15) is 34.3 Å². The molecule has 0 amide bonds. The molecule has 0 aliphatic carbocycles. The standard InChI is InChI=1S/C14H17N3OS/c15-8-3-6-13-16-17-14(19-13)11-7-9-18-12-5-2-1-4-10(11)12/h1-2,4-5,11H,3,6-9,15H2. The number of fused-ring (bicyclic) bond motifs is 1. The van der Waals surface area contributed by atoms with Gasteiger partial charge >= 0.3 is 0 Å². The van der Waals surface area contributed by atoms with Crippen molar-refractivity contribution in [2.24, 2.45) is 5.73 Å². The number of benzene rings is 1. The minimum atomic E-state index is 0.328. The Morgan fingerprint density at radius 2 is 2.21 bits per heavy atom. The first-order valence-electron chi connectivity index (χ1n) is 6.62. The van der Waals surface area contributed by atoms with E-state index < -0.39 is 0 Å². The lowest BCUT2D eigenvalue weighted by Gasteiger charge is -2.23. The van der Waals surface area contributed by atoms with Gasteiger partial charge in [-0.2, -0.15) is 0 Å². The van der Waals surface area contributed by atoms with Crippen molar-refractivity contribution in [1.29, 1.82) is 0 Å². The van der Waals surface area contributed by atoms with E-state index in [2.05, 4.69) is 22.3 Å². The summed E-state index contributed by atoms with van der Waals surface area (Å²) < 4.78 is 5.69. The average Bonchev–Trinajstić information content (AvgIpc) is 2.93. The van der Waals surface area contributed by atoms with Crippen molar-refractivity contribution in [3.05, 3.63) is 39.8 Å². The molecule has 0 fully saturated rings. The number of ether oxygens (including phenoxy) is 1. The summed E-state index contributed by atoms with van der Waals surface area (Å²) in [6.45, 7) is 1.45. The molecule has 1 aromatic heterocycles. The maximum Gasteiger partial charge on any atom is 0.125 e. The first kappa shape index (κ1) is 12.6. The second kappa shape index (κ2) is 5.67. The summed E-state index contributed by atoms with van der Waals surface area (Å²) in [6.07, 6.45) is 2.88. The fraction of sp³-hybridized carbons (Fsp3) is 0.429. The topological polar surface area (TPSA) is 61.0 Å². The number of aromatic nitrogens is 2. The Hall–Kier alpha value is -1.46. The first-order chi connectivity index (χ1) is 9.38. The minimum Gasteiger partial charge on any atom is -0.493 e. The van der Waals surface area contributed by atoms with E-state index in [0.717, 1.165) is 41.6 Å². The van der Waals surface area contributed by atoms with Gasteiger partial charge in [-0.15, -0.1) is 21.5 Å². The molecule has 0 saturated carbocycles. The van der Waals surface area contributed by atoms with E-state index in [1.165, 1.54) is 5.56 Å². The van der Waals surface area contributed by atoms with Crippen molar-refractivity contribution >= 4 is 11.3 Å². The fourth-order valence-corrected chi connectivity index (χ4v) is 3.40. The predicted octanol–water partition coefficient (Wildman–Crippen LogP) is 2.34. The lowest BCUT2D eigenvalue weighted by molar-refractivity contribution is 0.276. The van der Waals surface area contributed by atoms with Gasteiger partial charge in [0.15, 0.2) is 0 Å². The quantitative estimate of drug-likeness (QED) is 0.930. The molecule has 0 radical (unpaired) electrons. The normalized spacial score (nSPS) is 17.8. The highest BCUT2D eigenvalue weighted by molar-refractivity contribution is 7.11. The second-order valence-corrected chi connectivity index (χ2v) is 5.75. The Bertz CT molecular complexity index is 555. The zero-order chi connectivity index (χ0) is 13.1. The third-order valence-corrected chi connectivity index (χ3v) is 4.43. The van der Waals surface area contributed by atoms with Crippen LogP contribution in [0, 0.1) is 0 Å². The molecule has 1 aromatic carbocycles. The highest BCUT2D eigenvalue weighted by Gasteiger charge is 2.25. The summed E-state index contributed by atoms with van der Waals surface area (Å²) in [5.74, 6) is 1.31. The number of hydrogen-bond donors (Lipinski definition) is 1. The maximum absolute atomic E-state index is 5.69. The summed E-state index contributed by atoms with van der Waals surface area (Å²) in [6, 6.07) is 8.21. The van der Waals surface area contributed by atoms with Crippen LogP contribution in [0.3, 0.4) is 0 Å². The molecule has 1 unspecified atom stereocenters. The van der Waals surface area contributed by atoms with Crippen LogP contribution in [0.4, 0.5) is 0 Å². The zero-order valence-corrected chi connectivity index (χ0v) is 11.5. The molecule has 2 aromatic rings. The van der Waals surface area contributed by atoms with Gasteiger partial charge in [-0.05, 0) is 25.5 Å². The molecule has 5 heteroatoms. The molecular weight excluding hydrogens is 258 g/mol. The summed E-state index contributed by atoms with van der Waals surface area (Å²) in [7, 11) is 0. The number of nitrogens with zero attached hydrogens (tertiary/aromatic N) is 2. The van der Waals surface area contributed by atoms with E-state index in [-0.39, 0.29) is 0 Å². The molecule has 1 aliphatic heterocycles. The Labute approximate surface area is 116 Å². The van der Waals surface area contributed by atoms with Crippen LogP contribution in [-0.2, 0) is 6.42 Å². The van der Waals surface area contributed by atoms with E-state index >= 15 is 0 Å². The van der Waals surface area contributed by atoms with Gasteiger partial charge in [0.2, 0.25) is 0 Å². The van der Waals surface area contributed by atoms with Crippen molar-refractivity contribution in [3.8, 4) is 5.75 Å². The summed E-state index contributed by atoms with van der Waals surface area (Å²) >= 11 is 1.71. The molecule has 0 saturated heterocycles. The zero-order valence-electron chi connectivity index (χ0n) is 10.7. The molecule has 4 nitrogen and oxygen atoms in total. The first-order valence-corrected chi connectivity index (χ1v) is 7.44. The Morgan fingerprint density at radius 3 is 3.11 bits per heavy atom. The largest absolute Gasteiger partial charge is 0.493 e. The number of aryl methyl sites for hydroxylation is 1. The summed E-state index contributed by atoms with van der Waals surface area (Å²) in [4.78, 5) is 0. The molecule has 19 heavy (non-hydrogen) atoms. The SMILES string of the molecule is NCCCc1nnc(C2CCOc3ccccc32)s1. The number of nitrogens with two attached hydrogens (primary N) is 1.